The summed E-state index contributed by atoms with van der Waals surface area (Å²) < 4.78 is 39.9. The molecule has 0 radical (unpaired) electrons. The van der Waals surface area contributed by atoms with Gasteiger partial charge in [-0.1, -0.05) is 27.2 Å². The fourth-order valence-electron chi connectivity index (χ4n) is 5.54. The molecular weight excluding hydrogens is 762 g/mol. The summed E-state index contributed by atoms with van der Waals surface area (Å²) in [6, 6.07) is 14.2. The Morgan fingerprint density at radius 2 is 0.881 bits per heavy atom. The first-order chi connectivity index (χ1) is 28.3. The Bertz CT molecular complexity index is 1880. The Labute approximate surface area is 346 Å². The van der Waals surface area contributed by atoms with Crippen molar-refractivity contribution in [3.8, 4) is 68.7 Å². The predicted octanol–water partition coefficient (Wildman–Crippen LogP) is 6.35. The van der Waals surface area contributed by atoms with E-state index in [-0.39, 0.29) is 98.1 Å². The number of hydrogen-bond acceptors (Lipinski definition) is 15. The van der Waals surface area contributed by atoms with Crippen molar-refractivity contribution in [2.24, 2.45) is 0 Å². The third-order valence-corrected chi connectivity index (χ3v) is 9.36. The Kier molecular flexibility index (Phi) is 18.9. The highest BCUT2D eigenvalue weighted by Gasteiger charge is 2.21. The molecular formula is C44H61N3O12. The number of benzene rings is 3. The van der Waals surface area contributed by atoms with E-state index >= 15 is 0 Å². The standard InChI is InChI=1S/C44H61N3O12/c1-8-11-29(6)56-23-32(50)25-58-34-13-16-37(40(52)19-34)43-45-42(36-15-12-33(18-39(36)51)57-24-30(48)21-54-27(4)9-2)46-44(47-43)38-17-14-35(20-41(38)53-7)59-26-31(49)22-55-28(5)10-3/h12-20,27-32,48-52H,8-11,21-26H2,1-7H3. The van der Waals surface area contributed by atoms with E-state index in [0.717, 1.165) is 25.7 Å². The lowest BCUT2D eigenvalue weighted by Crippen LogP contribution is -2.25. The van der Waals surface area contributed by atoms with Gasteiger partial charge in [0, 0.05) is 18.2 Å². The van der Waals surface area contributed by atoms with E-state index in [1.807, 2.05) is 34.6 Å². The van der Waals surface area contributed by atoms with Crippen molar-refractivity contribution in [1.82, 2.24) is 15.0 Å². The van der Waals surface area contributed by atoms with Gasteiger partial charge in [0.1, 0.15) is 72.6 Å². The molecule has 59 heavy (non-hydrogen) atoms. The van der Waals surface area contributed by atoms with Gasteiger partial charge in [-0.05, 0) is 76.4 Å². The molecule has 0 aliphatic heterocycles. The van der Waals surface area contributed by atoms with Crippen molar-refractivity contribution in [1.29, 1.82) is 0 Å². The molecule has 0 aliphatic carbocycles. The molecule has 15 heteroatoms. The van der Waals surface area contributed by atoms with Crippen molar-refractivity contribution in [3.05, 3.63) is 54.6 Å². The van der Waals surface area contributed by atoms with Crippen molar-refractivity contribution >= 4 is 0 Å². The van der Waals surface area contributed by atoms with Crippen molar-refractivity contribution < 1.29 is 58.7 Å². The number of phenols is 2. The first kappa shape index (κ1) is 46.9. The van der Waals surface area contributed by atoms with Gasteiger partial charge in [0.2, 0.25) is 0 Å². The van der Waals surface area contributed by atoms with E-state index in [0.29, 0.717) is 28.6 Å². The van der Waals surface area contributed by atoms with E-state index in [4.69, 9.17) is 43.1 Å². The molecule has 4 rings (SSSR count). The zero-order valence-electron chi connectivity index (χ0n) is 35.2. The van der Waals surface area contributed by atoms with Crippen molar-refractivity contribution in [2.45, 2.75) is 104 Å². The van der Waals surface area contributed by atoms with Crippen LogP contribution in [0.5, 0.6) is 34.5 Å². The van der Waals surface area contributed by atoms with Gasteiger partial charge in [-0.15, -0.1) is 0 Å². The first-order valence-electron chi connectivity index (χ1n) is 20.2. The van der Waals surface area contributed by atoms with Crippen LogP contribution < -0.4 is 18.9 Å². The van der Waals surface area contributed by atoms with E-state index < -0.39 is 18.3 Å². The number of rotatable bonds is 26. The maximum absolute atomic E-state index is 11.2. The van der Waals surface area contributed by atoms with Crippen LogP contribution >= 0.6 is 0 Å². The monoisotopic (exact) mass is 823 g/mol. The molecule has 1 aromatic heterocycles. The number of nitrogens with zero attached hydrogens (tertiary/aromatic N) is 3. The molecule has 0 saturated carbocycles. The third-order valence-electron chi connectivity index (χ3n) is 9.36. The van der Waals surface area contributed by atoms with Gasteiger partial charge in [-0.3, -0.25) is 0 Å². The minimum Gasteiger partial charge on any atom is -0.507 e. The van der Waals surface area contributed by atoms with Crippen molar-refractivity contribution in [2.75, 3.05) is 46.8 Å². The quantitative estimate of drug-likeness (QED) is 0.0468. The number of methoxy groups -OCH3 is 1. The zero-order valence-corrected chi connectivity index (χ0v) is 35.2. The van der Waals surface area contributed by atoms with Crippen LogP contribution in [0.3, 0.4) is 0 Å². The van der Waals surface area contributed by atoms with E-state index in [9.17, 15) is 25.5 Å². The van der Waals surface area contributed by atoms with Crippen LogP contribution in [0.15, 0.2) is 54.6 Å². The van der Waals surface area contributed by atoms with Crippen LogP contribution in [-0.4, -0.2) is 124 Å². The number of aliphatic hydroxyl groups is 3. The molecule has 6 unspecified atom stereocenters. The summed E-state index contributed by atoms with van der Waals surface area (Å²) in [5, 5.41) is 53.6. The minimum absolute atomic E-state index is 0.00449. The highest BCUT2D eigenvalue weighted by Crippen LogP contribution is 2.38. The maximum atomic E-state index is 11.2. The Morgan fingerprint density at radius 1 is 0.508 bits per heavy atom. The summed E-state index contributed by atoms with van der Waals surface area (Å²) in [7, 11) is 1.48. The molecule has 0 spiro atoms. The Balaban J connectivity index is 1.63. The van der Waals surface area contributed by atoms with Gasteiger partial charge in [0.15, 0.2) is 17.5 Å². The van der Waals surface area contributed by atoms with Crippen LogP contribution in [0.2, 0.25) is 0 Å². The summed E-state index contributed by atoms with van der Waals surface area (Å²) in [6.07, 6.45) is 0.951. The molecule has 6 atom stereocenters. The summed E-state index contributed by atoms with van der Waals surface area (Å²) >= 11 is 0. The minimum atomic E-state index is -0.872. The first-order valence-corrected chi connectivity index (χ1v) is 20.2. The second kappa shape index (κ2) is 23.7. The van der Waals surface area contributed by atoms with Crippen LogP contribution in [0.4, 0.5) is 0 Å². The number of hydrogen-bond donors (Lipinski definition) is 5. The van der Waals surface area contributed by atoms with E-state index in [2.05, 4.69) is 11.9 Å². The second-order valence-corrected chi connectivity index (χ2v) is 14.5. The average Bonchev–Trinajstić information content (AvgIpc) is 3.24. The number of aliphatic hydroxyl groups excluding tert-OH is 3. The van der Waals surface area contributed by atoms with Crippen LogP contribution in [0.25, 0.3) is 34.2 Å². The lowest BCUT2D eigenvalue weighted by Gasteiger charge is -2.17. The molecule has 0 fully saturated rings. The Hall–Kier alpha value is -4.77. The molecule has 5 N–H and O–H groups in total. The summed E-state index contributed by atoms with van der Waals surface area (Å²) in [5.74, 6) is 1.27. The maximum Gasteiger partial charge on any atom is 0.167 e. The van der Waals surface area contributed by atoms with Gasteiger partial charge in [0.25, 0.3) is 0 Å². The average molecular weight is 824 g/mol. The lowest BCUT2D eigenvalue weighted by atomic mass is 10.1. The van der Waals surface area contributed by atoms with Crippen LogP contribution in [0, 0.1) is 0 Å². The third kappa shape index (κ3) is 14.8. The molecule has 324 valence electrons. The number of aromatic hydroxyl groups is 2. The summed E-state index contributed by atoms with van der Waals surface area (Å²) in [5.41, 5.74) is 0.918. The molecule has 15 nitrogen and oxygen atoms in total. The van der Waals surface area contributed by atoms with Gasteiger partial charge < -0.3 is 58.7 Å². The fourth-order valence-corrected chi connectivity index (χ4v) is 5.54. The normalized spacial score (nSPS) is 14.5. The fraction of sp³-hybridized carbons (Fsp3) is 0.523. The highest BCUT2D eigenvalue weighted by molar-refractivity contribution is 5.74. The molecule has 0 amide bonds. The SMILES string of the molecule is CCCC(C)OCC(O)COc1ccc(-c2nc(-c3ccc(OCC(O)COC(C)CC)cc3O)nc(-c3ccc(OCC(O)COC(C)CC)cc3OC)n2)c(O)c1. The van der Waals surface area contributed by atoms with E-state index in [1.165, 1.54) is 19.2 Å². The van der Waals surface area contributed by atoms with Gasteiger partial charge >= 0.3 is 0 Å². The molecule has 0 aliphatic rings. The van der Waals surface area contributed by atoms with Crippen LogP contribution in [0.1, 0.15) is 67.2 Å². The van der Waals surface area contributed by atoms with E-state index in [1.54, 1.807) is 42.5 Å². The predicted molar refractivity (Wildman–Crippen MR) is 222 cm³/mol. The largest absolute Gasteiger partial charge is 0.507 e. The zero-order chi connectivity index (χ0) is 42.9. The highest BCUT2D eigenvalue weighted by atomic mass is 16.5. The summed E-state index contributed by atoms with van der Waals surface area (Å²) in [6.45, 7) is 12.1. The van der Waals surface area contributed by atoms with Gasteiger partial charge in [0.05, 0.1) is 61.9 Å². The lowest BCUT2D eigenvalue weighted by molar-refractivity contribution is -0.0209. The second-order valence-electron chi connectivity index (χ2n) is 14.5. The van der Waals surface area contributed by atoms with Gasteiger partial charge in [-0.2, -0.15) is 0 Å². The molecule has 1 heterocycles. The molecule has 4 aromatic rings. The summed E-state index contributed by atoms with van der Waals surface area (Å²) in [4.78, 5) is 14.1. The Morgan fingerprint density at radius 3 is 1.25 bits per heavy atom. The van der Waals surface area contributed by atoms with Gasteiger partial charge in [-0.25, -0.2) is 15.0 Å². The molecule has 0 bridgehead atoms. The topological polar surface area (TPSA) is 204 Å². The number of aromatic nitrogens is 3. The number of phenolic OH excluding ortho intramolecular Hbond substituents is 2. The molecule has 3 aromatic carbocycles. The molecule has 0 saturated heterocycles. The smallest absolute Gasteiger partial charge is 0.167 e. The van der Waals surface area contributed by atoms with Crippen molar-refractivity contribution in [3.63, 3.8) is 0 Å². The van der Waals surface area contributed by atoms with Crippen LogP contribution in [-0.2, 0) is 14.2 Å². The number of ether oxygens (including phenoxy) is 7.